The van der Waals surface area contributed by atoms with Crippen LogP contribution < -0.4 is 4.74 Å². The first-order valence-corrected chi connectivity index (χ1v) is 8.49. The quantitative estimate of drug-likeness (QED) is 0.606. The van der Waals surface area contributed by atoms with E-state index < -0.39 is 0 Å². The predicted octanol–water partition coefficient (Wildman–Crippen LogP) is 3.88. The molecule has 5 nitrogen and oxygen atoms in total. The van der Waals surface area contributed by atoms with Crippen molar-refractivity contribution in [3.05, 3.63) is 71.9 Å². The first-order valence-electron chi connectivity index (χ1n) is 7.67. The number of amidine groups is 1. The normalized spacial score (nSPS) is 17.3. The van der Waals surface area contributed by atoms with Gasteiger partial charge in [0.15, 0.2) is 5.17 Å². The summed E-state index contributed by atoms with van der Waals surface area (Å²) < 4.78 is 5.46. The van der Waals surface area contributed by atoms with Gasteiger partial charge in [0.05, 0.1) is 16.8 Å². The van der Waals surface area contributed by atoms with Crippen LogP contribution in [0.1, 0.15) is 5.56 Å². The van der Waals surface area contributed by atoms with E-state index in [2.05, 4.69) is 16.6 Å². The molecule has 126 valence electrons. The molecule has 1 amide bonds. The molecule has 1 aliphatic rings. The highest BCUT2D eigenvalue weighted by Crippen LogP contribution is 2.33. The first kappa shape index (κ1) is 17.0. The van der Waals surface area contributed by atoms with Gasteiger partial charge >= 0.3 is 0 Å². The minimum atomic E-state index is -0.0698. The molecule has 0 aliphatic carbocycles. The number of ether oxygens (including phenoxy) is 1. The summed E-state index contributed by atoms with van der Waals surface area (Å²) in [5.41, 5.74) is 1.65. The van der Waals surface area contributed by atoms with Gasteiger partial charge in [-0.25, -0.2) is 4.99 Å². The fourth-order valence-corrected chi connectivity index (χ4v) is 3.14. The van der Waals surface area contributed by atoms with Crippen LogP contribution in [0.2, 0.25) is 0 Å². The minimum Gasteiger partial charge on any atom is -0.490 e. The topological polar surface area (TPSA) is 54.8 Å². The molecule has 0 spiro atoms. The Hall–Kier alpha value is -2.86. The fraction of sp³-hybridized carbons (Fsp3) is 0.105. The number of hydrogen-bond donors (Lipinski definition) is 0. The largest absolute Gasteiger partial charge is 0.490 e. The van der Waals surface area contributed by atoms with Gasteiger partial charge in [-0.3, -0.25) is 14.7 Å². The van der Waals surface area contributed by atoms with Gasteiger partial charge in [0.1, 0.15) is 12.4 Å². The molecule has 2 heterocycles. The molecule has 25 heavy (non-hydrogen) atoms. The van der Waals surface area contributed by atoms with E-state index in [0.717, 1.165) is 17.0 Å². The molecule has 0 unspecified atom stereocenters. The fourth-order valence-electron chi connectivity index (χ4n) is 2.15. The number of rotatable bonds is 5. The van der Waals surface area contributed by atoms with Crippen LogP contribution in [0.3, 0.4) is 0 Å². The number of nitrogens with zero attached hydrogens (tertiary/aromatic N) is 3. The predicted molar refractivity (Wildman–Crippen MR) is 102 cm³/mol. The lowest BCUT2D eigenvalue weighted by atomic mass is 10.2. The van der Waals surface area contributed by atoms with Gasteiger partial charge in [0.2, 0.25) is 0 Å². The molecule has 0 atom stereocenters. The molecule has 0 saturated carbocycles. The molecule has 0 radical (unpaired) electrons. The lowest BCUT2D eigenvalue weighted by molar-refractivity contribution is -0.121. The van der Waals surface area contributed by atoms with Gasteiger partial charge in [-0.2, -0.15) is 0 Å². The Bertz CT molecular complexity index is 830. The van der Waals surface area contributed by atoms with Gasteiger partial charge in [0, 0.05) is 13.2 Å². The molecule has 1 aromatic heterocycles. The number of carbonyl (C=O) groups excluding carboxylic acids is 1. The Morgan fingerprint density at radius 3 is 2.80 bits per heavy atom. The first-order chi connectivity index (χ1) is 12.2. The molecule has 0 N–H and O–H groups in total. The number of thioether (sulfide) groups is 1. The van der Waals surface area contributed by atoms with Gasteiger partial charge in [-0.05, 0) is 47.7 Å². The Kier molecular flexibility index (Phi) is 5.30. The highest BCUT2D eigenvalue weighted by Gasteiger charge is 2.30. The van der Waals surface area contributed by atoms with Crippen molar-refractivity contribution in [1.29, 1.82) is 0 Å². The number of benzene rings is 1. The lowest BCUT2D eigenvalue weighted by Crippen LogP contribution is -2.23. The van der Waals surface area contributed by atoms with Gasteiger partial charge in [0.25, 0.3) is 5.91 Å². The van der Waals surface area contributed by atoms with Crippen LogP contribution in [0.5, 0.6) is 5.75 Å². The van der Waals surface area contributed by atoms with Crippen molar-refractivity contribution in [3.63, 3.8) is 0 Å². The third kappa shape index (κ3) is 4.16. The van der Waals surface area contributed by atoms with Crippen LogP contribution in [-0.4, -0.2) is 34.6 Å². The van der Waals surface area contributed by atoms with E-state index >= 15 is 0 Å². The molecule has 1 fully saturated rings. The standard InChI is InChI=1S/C19H17N3O2S/c1-3-11-24-16-8-6-14(7-9-16)12-17-18(23)22(2)19(25-17)21-15-5-4-10-20-13-15/h3-10,12-13H,1,11H2,2H3/b17-12-,21-19?. The summed E-state index contributed by atoms with van der Waals surface area (Å²) in [6.07, 6.45) is 6.90. The van der Waals surface area contributed by atoms with E-state index in [1.165, 1.54) is 11.8 Å². The van der Waals surface area contributed by atoms with Crippen LogP contribution in [0.4, 0.5) is 5.69 Å². The highest BCUT2D eigenvalue weighted by atomic mass is 32.2. The zero-order chi connectivity index (χ0) is 17.6. The molecule has 1 aliphatic heterocycles. The van der Waals surface area contributed by atoms with Gasteiger partial charge < -0.3 is 4.74 Å². The molecular weight excluding hydrogens is 334 g/mol. The summed E-state index contributed by atoms with van der Waals surface area (Å²) in [6, 6.07) is 11.2. The summed E-state index contributed by atoms with van der Waals surface area (Å²) in [5, 5.41) is 0.634. The van der Waals surface area contributed by atoms with Crippen molar-refractivity contribution in [1.82, 2.24) is 9.88 Å². The second kappa shape index (κ2) is 7.81. The number of amides is 1. The van der Waals surface area contributed by atoms with Crippen molar-refractivity contribution in [2.75, 3.05) is 13.7 Å². The van der Waals surface area contributed by atoms with Gasteiger partial charge in [-0.1, -0.05) is 24.8 Å². The monoisotopic (exact) mass is 351 g/mol. The molecule has 0 bridgehead atoms. The number of likely N-dealkylation sites (N-methyl/N-ethyl adjacent to an activating group) is 1. The number of hydrogen-bond acceptors (Lipinski definition) is 5. The lowest BCUT2D eigenvalue weighted by Gasteiger charge is -2.06. The van der Waals surface area contributed by atoms with E-state index in [1.54, 1.807) is 30.4 Å². The zero-order valence-electron chi connectivity index (χ0n) is 13.8. The van der Waals surface area contributed by atoms with Crippen molar-refractivity contribution in [2.24, 2.45) is 4.99 Å². The van der Waals surface area contributed by atoms with E-state index in [4.69, 9.17) is 4.74 Å². The summed E-state index contributed by atoms with van der Waals surface area (Å²) in [7, 11) is 1.72. The average Bonchev–Trinajstić information content (AvgIpc) is 2.90. The van der Waals surface area contributed by atoms with Crippen molar-refractivity contribution < 1.29 is 9.53 Å². The van der Waals surface area contributed by atoms with E-state index in [9.17, 15) is 4.79 Å². The molecule has 6 heteroatoms. The van der Waals surface area contributed by atoms with Crippen LogP contribution in [-0.2, 0) is 4.79 Å². The van der Waals surface area contributed by atoms with Crippen LogP contribution in [0.15, 0.2) is 71.3 Å². The molecule has 1 aromatic carbocycles. The number of aliphatic imine (C=N–C) groups is 1. The van der Waals surface area contributed by atoms with Crippen LogP contribution in [0.25, 0.3) is 6.08 Å². The average molecular weight is 351 g/mol. The third-order valence-corrected chi connectivity index (χ3v) is 4.48. The Balaban J connectivity index is 1.78. The maximum atomic E-state index is 12.4. The van der Waals surface area contributed by atoms with Crippen molar-refractivity contribution >= 4 is 34.6 Å². The van der Waals surface area contributed by atoms with E-state index in [-0.39, 0.29) is 5.91 Å². The Morgan fingerprint density at radius 2 is 2.12 bits per heavy atom. The summed E-state index contributed by atoms with van der Waals surface area (Å²) in [6.45, 7) is 4.09. The molecule has 1 saturated heterocycles. The molecule has 3 rings (SSSR count). The summed E-state index contributed by atoms with van der Waals surface area (Å²) >= 11 is 1.35. The van der Waals surface area contributed by atoms with Gasteiger partial charge in [-0.15, -0.1) is 0 Å². The number of carbonyl (C=O) groups is 1. The molecular formula is C19H17N3O2S. The van der Waals surface area contributed by atoms with Crippen molar-refractivity contribution in [3.8, 4) is 5.75 Å². The van der Waals surface area contributed by atoms with E-state index in [0.29, 0.717) is 16.7 Å². The molecule has 2 aromatic rings. The smallest absolute Gasteiger partial charge is 0.266 e. The second-order valence-corrected chi connectivity index (χ2v) is 6.26. The third-order valence-electron chi connectivity index (χ3n) is 3.42. The minimum absolute atomic E-state index is 0.0698. The summed E-state index contributed by atoms with van der Waals surface area (Å²) in [4.78, 5) is 23.1. The zero-order valence-corrected chi connectivity index (χ0v) is 14.6. The highest BCUT2D eigenvalue weighted by molar-refractivity contribution is 8.18. The maximum Gasteiger partial charge on any atom is 0.266 e. The van der Waals surface area contributed by atoms with E-state index in [1.807, 2.05) is 42.5 Å². The Labute approximate surface area is 150 Å². The van der Waals surface area contributed by atoms with Crippen molar-refractivity contribution in [2.45, 2.75) is 0 Å². The number of pyridine rings is 1. The second-order valence-electron chi connectivity index (χ2n) is 5.25. The Morgan fingerprint density at radius 1 is 1.32 bits per heavy atom. The van der Waals surface area contributed by atoms with Crippen LogP contribution >= 0.6 is 11.8 Å². The number of aromatic nitrogens is 1. The summed E-state index contributed by atoms with van der Waals surface area (Å²) in [5.74, 6) is 0.697. The maximum absolute atomic E-state index is 12.4. The SMILES string of the molecule is C=CCOc1ccc(/C=C2\SC(=Nc3cccnc3)N(C)C2=O)cc1. The van der Waals surface area contributed by atoms with Crippen LogP contribution in [0, 0.1) is 0 Å².